The van der Waals surface area contributed by atoms with Gasteiger partial charge in [0.05, 0.1) is 6.04 Å². The van der Waals surface area contributed by atoms with E-state index in [4.69, 9.17) is 0 Å². The minimum atomic E-state index is 0.0882. The zero-order valence-electron chi connectivity index (χ0n) is 11.9. The van der Waals surface area contributed by atoms with Crippen molar-refractivity contribution < 1.29 is 4.79 Å². The maximum absolute atomic E-state index is 12.1. The van der Waals surface area contributed by atoms with Crippen LogP contribution in [0.2, 0.25) is 0 Å². The van der Waals surface area contributed by atoms with Crippen molar-refractivity contribution in [2.45, 2.75) is 39.2 Å². The van der Waals surface area contributed by atoms with Gasteiger partial charge in [-0.2, -0.15) is 0 Å². The number of nitrogens with one attached hydrogen (secondary N) is 2. The monoisotopic (exact) mass is 260 g/mol. The summed E-state index contributed by atoms with van der Waals surface area (Å²) >= 11 is 0. The van der Waals surface area contributed by atoms with Crippen molar-refractivity contribution in [1.82, 2.24) is 10.6 Å². The number of carbonyl (C=O) groups excluding carboxylic acids is 1. The Bertz CT molecular complexity index is 425. The van der Waals surface area contributed by atoms with Crippen molar-refractivity contribution in [2.75, 3.05) is 13.1 Å². The third-order valence-electron chi connectivity index (χ3n) is 3.91. The normalized spacial score (nSPS) is 20.8. The Morgan fingerprint density at radius 2 is 2.26 bits per heavy atom. The number of carbonyl (C=O) groups is 1. The van der Waals surface area contributed by atoms with Gasteiger partial charge in [0, 0.05) is 6.42 Å². The van der Waals surface area contributed by atoms with Gasteiger partial charge in [0.1, 0.15) is 0 Å². The first kappa shape index (κ1) is 14.1. The van der Waals surface area contributed by atoms with Crippen molar-refractivity contribution in [3.63, 3.8) is 0 Å². The molecular formula is C16H24N2O. The number of benzene rings is 1. The molecular weight excluding hydrogens is 236 g/mol. The summed E-state index contributed by atoms with van der Waals surface area (Å²) in [5, 5.41) is 6.47. The van der Waals surface area contributed by atoms with Crippen LogP contribution in [-0.2, 0) is 4.79 Å². The summed E-state index contributed by atoms with van der Waals surface area (Å²) in [6.45, 7) is 6.21. The fourth-order valence-electron chi connectivity index (χ4n) is 2.81. The van der Waals surface area contributed by atoms with Crippen LogP contribution in [0.25, 0.3) is 0 Å². The minimum Gasteiger partial charge on any atom is -0.350 e. The third-order valence-corrected chi connectivity index (χ3v) is 3.91. The molecule has 0 radical (unpaired) electrons. The maximum atomic E-state index is 12.1. The molecule has 2 rings (SSSR count). The lowest BCUT2D eigenvalue weighted by atomic mass is 9.95. The van der Waals surface area contributed by atoms with Gasteiger partial charge in [-0.3, -0.25) is 4.79 Å². The topological polar surface area (TPSA) is 41.1 Å². The Balaban J connectivity index is 1.86. The molecule has 0 saturated carbocycles. The number of hydrogen-bond donors (Lipinski definition) is 2. The first-order valence-electron chi connectivity index (χ1n) is 7.22. The van der Waals surface area contributed by atoms with Crippen molar-refractivity contribution in [3.05, 3.63) is 35.4 Å². The zero-order valence-corrected chi connectivity index (χ0v) is 11.9. The molecule has 1 aromatic carbocycles. The molecule has 1 aliphatic heterocycles. The summed E-state index contributed by atoms with van der Waals surface area (Å²) in [5.74, 6) is 0.669. The molecule has 3 heteroatoms. The lowest BCUT2D eigenvalue weighted by molar-refractivity contribution is -0.122. The van der Waals surface area contributed by atoms with Crippen molar-refractivity contribution in [1.29, 1.82) is 0 Å². The van der Waals surface area contributed by atoms with Gasteiger partial charge in [0.2, 0.25) is 5.91 Å². The predicted octanol–water partition coefficient (Wildman–Crippen LogP) is 2.56. The van der Waals surface area contributed by atoms with E-state index in [1.807, 2.05) is 12.1 Å². The molecule has 2 atom stereocenters. The minimum absolute atomic E-state index is 0.0882. The Labute approximate surface area is 115 Å². The van der Waals surface area contributed by atoms with E-state index in [9.17, 15) is 4.79 Å². The van der Waals surface area contributed by atoms with Crippen LogP contribution in [0.4, 0.5) is 0 Å². The van der Waals surface area contributed by atoms with E-state index < -0.39 is 0 Å². The Morgan fingerprint density at radius 1 is 1.47 bits per heavy atom. The van der Waals surface area contributed by atoms with Gasteiger partial charge in [-0.25, -0.2) is 0 Å². The lowest BCUT2D eigenvalue weighted by Crippen LogP contribution is -2.35. The van der Waals surface area contributed by atoms with Crippen LogP contribution in [0.5, 0.6) is 0 Å². The molecule has 0 spiro atoms. The van der Waals surface area contributed by atoms with E-state index in [0.717, 1.165) is 13.1 Å². The van der Waals surface area contributed by atoms with Gasteiger partial charge >= 0.3 is 0 Å². The number of rotatable bonds is 4. The molecule has 1 amide bonds. The smallest absolute Gasteiger partial charge is 0.220 e. The third kappa shape index (κ3) is 4.06. The molecule has 1 heterocycles. The van der Waals surface area contributed by atoms with Gasteiger partial charge in [-0.15, -0.1) is 0 Å². The molecule has 1 aliphatic rings. The number of amides is 1. The van der Waals surface area contributed by atoms with Crippen molar-refractivity contribution in [2.24, 2.45) is 5.92 Å². The SMILES string of the molecule is Cc1ccccc1C(C)NC(=O)CC1CCCNC1. The number of aryl methyl sites for hydroxylation is 1. The predicted molar refractivity (Wildman–Crippen MR) is 77.9 cm³/mol. The molecule has 0 aliphatic carbocycles. The van der Waals surface area contributed by atoms with Crippen LogP contribution in [0.15, 0.2) is 24.3 Å². The standard InChI is InChI=1S/C16H24N2O/c1-12-6-3-4-8-15(12)13(2)18-16(19)10-14-7-5-9-17-11-14/h3-4,6,8,13-14,17H,5,7,9-11H2,1-2H3,(H,18,19). The van der Waals surface area contributed by atoms with Gasteiger partial charge < -0.3 is 10.6 Å². The molecule has 1 aromatic rings. The van der Waals surface area contributed by atoms with Crippen LogP contribution in [0.3, 0.4) is 0 Å². The average molecular weight is 260 g/mol. The quantitative estimate of drug-likeness (QED) is 0.873. The lowest BCUT2D eigenvalue weighted by Gasteiger charge is -2.23. The summed E-state index contributed by atoms with van der Waals surface area (Å²) in [5.41, 5.74) is 2.44. The Kier molecular flexibility index (Phi) is 4.97. The van der Waals surface area contributed by atoms with E-state index in [1.54, 1.807) is 0 Å². The van der Waals surface area contributed by atoms with Crippen LogP contribution < -0.4 is 10.6 Å². The molecule has 2 unspecified atom stereocenters. The summed E-state index contributed by atoms with van der Waals surface area (Å²) in [7, 11) is 0. The van der Waals surface area contributed by atoms with Crippen molar-refractivity contribution >= 4 is 5.91 Å². The Morgan fingerprint density at radius 3 is 2.95 bits per heavy atom. The maximum Gasteiger partial charge on any atom is 0.220 e. The van der Waals surface area contributed by atoms with Gasteiger partial charge in [-0.1, -0.05) is 24.3 Å². The van der Waals surface area contributed by atoms with Gasteiger partial charge in [0.25, 0.3) is 0 Å². The average Bonchev–Trinajstić information content (AvgIpc) is 2.40. The Hall–Kier alpha value is -1.35. The fraction of sp³-hybridized carbons (Fsp3) is 0.562. The molecule has 2 N–H and O–H groups in total. The molecule has 104 valence electrons. The van der Waals surface area contributed by atoms with E-state index in [2.05, 4.69) is 36.6 Å². The van der Waals surface area contributed by atoms with Gasteiger partial charge in [0.15, 0.2) is 0 Å². The highest BCUT2D eigenvalue weighted by Crippen LogP contribution is 2.18. The summed E-state index contributed by atoms with van der Waals surface area (Å²) in [4.78, 5) is 12.1. The van der Waals surface area contributed by atoms with Crippen LogP contribution in [0.1, 0.15) is 43.4 Å². The van der Waals surface area contributed by atoms with E-state index >= 15 is 0 Å². The van der Waals surface area contributed by atoms with Crippen LogP contribution >= 0.6 is 0 Å². The second kappa shape index (κ2) is 6.71. The second-order valence-electron chi connectivity index (χ2n) is 5.56. The highest BCUT2D eigenvalue weighted by molar-refractivity contribution is 5.76. The highest BCUT2D eigenvalue weighted by Gasteiger charge is 2.18. The fourth-order valence-corrected chi connectivity index (χ4v) is 2.81. The second-order valence-corrected chi connectivity index (χ2v) is 5.56. The van der Waals surface area contributed by atoms with E-state index in [-0.39, 0.29) is 11.9 Å². The molecule has 1 saturated heterocycles. The summed E-state index contributed by atoms with van der Waals surface area (Å²) < 4.78 is 0. The number of piperidine rings is 1. The first-order valence-corrected chi connectivity index (χ1v) is 7.22. The molecule has 3 nitrogen and oxygen atoms in total. The molecule has 19 heavy (non-hydrogen) atoms. The molecule has 0 aromatic heterocycles. The largest absolute Gasteiger partial charge is 0.350 e. The first-order chi connectivity index (χ1) is 9.16. The van der Waals surface area contributed by atoms with E-state index in [1.165, 1.54) is 24.0 Å². The summed E-state index contributed by atoms with van der Waals surface area (Å²) in [6.07, 6.45) is 2.99. The number of hydrogen-bond acceptors (Lipinski definition) is 2. The van der Waals surface area contributed by atoms with Crippen LogP contribution in [-0.4, -0.2) is 19.0 Å². The molecule has 1 fully saturated rings. The molecule has 0 bridgehead atoms. The summed E-state index contributed by atoms with van der Waals surface area (Å²) in [6, 6.07) is 8.31. The van der Waals surface area contributed by atoms with Crippen molar-refractivity contribution in [3.8, 4) is 0 Å². The van der Waals surface area contributed by atoms with Crippen LogP contribution in [0, 0.1) is 12.8 Å². The van der Waals surface area contributed by atoms with Gasteiger partial charge in [-0.05, 0) is 56.8 Å². The highest BCUT2D eigenvalue weighted by atomic mass is 16.1. The van der Waals surface area contributed by atoms with E-state index in [0.29, 0.717) is 12.3 Å². The zero-order chi connectivity index (χ0) is 13.7.